The van der Waals surface area contributed by atoms with Crippen molar-refractivity contribution < 1.29 is 135 Å². The summed E-state index contributed by atoms with van der Waals surface area (Å²) < 4.78 is 41.0. The van der Waals surface area contributed by atoms with Crippen LogP contribution in [-0.2, 0) is 19.5 Å². The van der Waals surface area contributed by atoms with Gasteiger partial charge in [-0.25, -0.2) is 17.9 Å². The van der Waals surface area contributed by atoms with Crippen LogP contribution in [0.15, 0.2) is 44.3 Å². The van der Waals surface area contributed by atoms with E-state index in [4.69, 9.17) is 11.6 Å². The first-order chi connectivity index (χ1) is 19.2. The molecule has 3 aromatic rings. The molecule has 20 heteroatoms. The number of anilines is 2. The zero-order valence-corrected chi connectivity index (χ0v) is 33.1. The van der Waals surface area contributed by atoms with Gasteiger partial charge in [0.25, 0.3) is 0 Å². The first-order valence-corrected chi connectivity index (χ1v) is 13.9. The number of nitriles is 1. The molecule has 0 atom stereocenters. The molecule has 15 nitrogen and oxygen atoms in total. The molecule has 0 aliphatic carbocycles. The maximum atomic E-state index is 12.5. The number of hydrogen-bond acceptors (Lipinski definition) is 13. The first-order valence-electron chi connectivity index (χ1n) is 11.3. The standard InChI is InChI=1S/C23H25ClN8O7S2.2K/c1-12-7-17(16(9-18(12)30(3)4)26-23(33)31(5)6)27-28-22-14(11-25)13(2)29-32(22)19-10-21(41(35,36)37)15(24)8-20(19)40-39-38-34;;/h7-10,34H,1-6H3,(H,26,33)(H,35,36,37);;/q;2*+1/p-2. The molecule has 3 rings (SSSR count). The van der Waals surface area contributed by atoms with Crippen LogP contribution in [-0.4, -0.2) is 61.9 Å². The van der Waals surface area contributed by atoms with Gasteiger partial charge in [-0.1, -0.05) is 11.6 Å². The molecular formula is C23H23ClK2N8O7S2. The number of amides is 2. The van der Waals surface area contributed by atoms with Gasteiger partial charge in [0.1, 0.15) is 27.4 Å². The average molecular weight is 701 g/mol. The number of halogens is 1. The second kappa shape index (κ2) is 17.4. The number of carbonyl (C=O) groups is 1. The number of rotatable bonds is 9. The Morgan fingerprint density at radius 1 is 1.16 bits per heavy atom. The van der Waals surface area contributed by atoms with Gasteiger partial charge in [-0.3, -0.25) is 5.04 Å². The molecule has 1 N–H and O–H groups in total. The van der Waals surface area contributed by atoms with Crippen molar-refractivity contribution in [1.29, 1.82) is 5.26 Å². The monoisotopic (exact) mass is 700 g/mol. The Morgan fingerprint density at radius 3 is 2.35 bits per heavy atom. The molecule has 0 aliphatic rings. The van der Waals surface area contributed by atoms with Gasteiger partial charge in [0.2, 0.25) is 0 Å². The normalized spacial score (nSPS) is 11.0. The second-order valence-corrected chi connectivity index (χ2v) is 11.3. The quantitative estimate of drug-likeness (QED) is 0.0630. The summed E-state index contributed by atoms with van der Waals surface area (Å²) in [5, 5.41) is 38.8. The van der Waals surface area contributed by atoms with Gasteiger partial charge in [0.15, 0.2) is 5.82 Å². The summed E-state index contributed by atoms with van der Waals surface area (Å²) in [6, 6.07) is 6.87. The van der Waals surface area contributed by atoms with E-state index in [1.54, 1.807) is 26.2 Å². The van der Waals surface area contributed by atoms with Gasteiger partial charge < -0.3 is 24.9 Å². The average Bonchev–Trinajstić information content (AvgIpc) is 3.20. The number of nitrogens with one attached hydrogen (secondary N) is 1. The van der Waals surface area contributed by atoms with Gasteiger partial charge >= 0.3 is 109 Å². The van der Waals surface area contributed by atoms with E-state index in [0.29, 0.717) is 17.7 Å². The Bertz CT molecular complexity index is 1680. The number of hydrogen-bond donors (Lipinski definition) is 1. The van der Waals surface area contributed by atoms with E-state index in [0.717, 1.165) is 28.1 Å². The van der Waals surface area contributed by atoms with Crippen molar-refractivity contribution in [2.45, 2.75) is 23.6 Å². The third-order valence-electron chi connectivity index (χ3n) is 5.51. The van der Waals surface area contributed by atoms with E-state index in [1.165, 1.54) is 11.8 Å². The fourth-order valence-corrected chi connectivity index (χ4v) is 5.14. The Balaban J connectivity index is 0.00000462. The van der Waals surface area contributed by atoms with Crippen LogP contribution in [0, 0.1) is 25.2 Å². The topological polar surface area (TPSA) is 201 Å². The van der Waals surface area contributed by atoms with E-state index >= 15 is 0 Å². The summed E-state index contributed by atoms with van der Waals surface area (Å²) in [6.07, 6.45) is 0. The summed E-state index contributed by atoms with van der Waals surface area (Å²) >= 11 is 6.35. The van der Waals surface area contributed by atoms with Crippen LogP contribution in [0.2, 0.25) is 5.02 Å². The van der Waals surface area contributed by atoms with Crippen LogP contribution < -0.4 is 118 Å². The van der Waals surface area contributed by atoms with Gasteiger partial charge in [-0.15, -0.1) is 10.2 Å². The second-order valence-electron chi connectivity index (χ2n) is 8.81. The minimum atomic E-state index is -5.05. The molecule has 0 saturated carbocycles. The molecule has 2 aromatic carbocycles. The van der Waals surface area contributed by atoms with Crippen molar-refractivity contribution in [3.05, 3.63) is 46.1 Å². The molecular weight excluding hydrogens is 678 g/mol. The molecule has 0 bridgehead atoms. The number of azo groups is 1. The number of nitrogens with zero attached hydrogens (tertiary/aromatic N) is 7. The van der Waals surface area contributed by atoms with Crippen molar-refractivity contribution in [2.75, 3.05) is 38.4 Å². The minimum absolute atomic E-state index is 0. The van der Waals surface area contributed by atoms with E-state index in [9.17, 15) is 28.3 Å². The van der Waals surface area contributed by atoms with Gasteiger partial charge in [-0.05, 0) is 43.7 Å². The number of aryl methyl sites for hydroxylation is 2. The first kappa shape index (κ1) is 40.5. The van der Waals surface area contributed by atoms with Crippen LogP contribution in [0.3, 0.4) is 0 Å². The van der Waals surface area contributed by atoms with E-state index in [2.05, 4.69) is 30.0 Å². The molecule has 0 fully saturated rings. The smallest absolute Gasteiger partial charge is 0.744 e. The van der Waals surface area contributed by atoms with Gasteiger partial charge in [0, 0.05) is 33.9 Å². The van der Waals surface area contributed by atoms with Crippen LogP contribution in [0.4, 0.5) is 27.7 Å². The largest absolute Gasteiger partial charge is 1.00 e. The summed E-state index contributed by atoms with van der Waals surface area (Å²) in [5.74, 6) is -0.161. The molecule has 1 heterocycles. The molecule has 218 valence electrons. The number of aromatic nitrogens is 2. The third-order valence-corrected chi connectivity index (χ3v) is 7.44. The maximum Gasteiger partial charge on any atom is 1.00 e. The predicted molar refractivity (Wildman–Crippen MR) is 146 cm³/mol. The SMILES string of the molecule is Cc1cc(N=Nc2c(C#N)c(C)nn2-c2cc(S(=O)(=O)[O-])c(Cl)cc2SOO[O-])c(NC(=O)N(C)C)cc1N(C)C.[K+].[K+]. The van der Waals surface area contributed by atoms with Crippen LogP contribution in [0.5, 0.6) is 0 Å². The minimum Gasteiger partial charge on any atom is -0.744 e. The van der Waals surface area contributed by atoms with Gasteiger partial charge in [0.05, 0.1) is 43.9 Å². The molecule has 0 saturated heterocycles. The third kappa shape index (κ3) is 10.00. The zero-order chi connectivity index (χ0) is 30.6. The molecule has 43 heavy (non-hydrogen) atoms. The summed E-state index contributed by atoms with van der Waals surface area (Å²) in [4.78, 5) is 14.8. The van der Waals surface area contributed by atoms with E-state index in [1.807, 2.05) is 32.0 Å². The van der Waals surface area contributed by atoms with E-state index in [-0.39, 0.29) is 136 Å². The molecule has 0 radical (unpaired) electrons. The van der Waals surface area contributed by atoms with Crippen molar-refractivity contribution in [3.63, 3.8) is 0 Å². The Kier molecular flexibility index (Phi) is 16.4. The molecule has 0 spiro atoms. The predicted octanol–water partition coefficient (Wildman–Crippen LogP) is -2.27. The fraction of sp³-hybridized carbons (Fsp3) is 0.261. The Labute approximate surface area is 342 Å². The van der Waals surface area contributed by atoms with Crippen molar-refractivity contribution in [2.24, 2.45) is 10.2 Å². The van der Waals surface area contributed by atoms with Crippen molar-refractivity contribution >= 4 is 62.7 Å². The van der Waals surface area contributed by atoms with Gasteiger partial charge in [-0.2, -0.15) is 14.7 Å². The molecule has 0 aliphatic heterocycles. The summed E-state index contributed by atoms with van der Waals surface area (Å²) in [5.41, 5.74) is 2.15. The van der Waals surface area contributed by atoms with Crippen LogP contribution in [0.1, 0.15) is 16.8 Å². The fourth-order valence-electron chi connectivity index (χ4n) is 3.58. The van der Waals surface area contributed by atoms with Crippen LogP contribution in [0.25, 0.3) is 5.69 Å². The zero-order valence-electron chi connectivity index (χ0n) is 24.5. The van der Waals surface area contributed by atoms with Crippen molar-refractivity contribution in [3.8, 4) is 11.8 Å². The molecule has 0 unspecified atom stereocenters. The van der Waals surface area contributed by atoms with Crippen molar-refractivity contribution in [1.82, 2.24) is 14.7 Å². The van der Waals surface area contributed by atoms with Crippen LogP contribution >= 0.6 is 23.6 Å². The number of carbonyl (C=O) groups excluding carboxylic acids is 1. The Hall–Kier alpha value is -0.487. The number of urea groups is 1. The summed E-state index contributed by atoms with van der Waals surface area (Å²) in [6.45, 7) is 3.33. The maximum absolute atomic E-state index is 12.5. The molecule has 1 aromatic heterocycles. The number of benzene rings is 2. The molecule has 2 amide bonds. The Morgan fingerprint density at radius 2 is 1.81 bits per heavy atom. The van der Waals surface area contributed by atoms with E-state index < -0.39 is 26.1 Å². The summed E-state index contributed by atoms with van der Waals surface area (Å²) in [7, 11) is 1.75.